The molecule has 0 spiro atoms. The number of aryl methyl sites for hydroxylation is 1. The van der Waals surface area contributed by atoms with Gasteiger partial charge < -0.3 is 9.64 Å². The number of ether oxygens (including phenoxy) is 1. The molecule has 1 aromatic rings. The molecule has 0 unspecified atom stereocenters. The Kier molecular flexibility index (Phi) is 4.80. The van der Waals surface area contributed by atoms with E-state index in [0.717, 1.165) is 31.7 Å². The van der Waals surface area contributed by atoms with Crippen molar-refractivity contribution in [3.05, 3.63) is 28.8 Å². The minimum absolute atomic E-state index is 0.249. The van der Waals surface area contributed by atoms with E-state index in [0.29, 0.717) is 17.3 Å². The van der Waals surface area contributed by atoms with Crippen molar-refractivity contribution >= 4 is 17.6 Å². The van der Waals surface area contributed by atoms with Gasteiger partial charge in [0.25, 0.3) is 0 Å². The Morgan fingerprint density at radius 3 is 2.63 bits per heavy atom. The van der Waals surface area contributed by atoms with Crippen LogP contribution in [0.15, 0.2) is 18.2 Å². The number of carbonyl (C=O) groups excluding carboxylic acids is 1. The molecule has 0 N–H and O–H groups in total. The Bertz CT molecular complexity index is 437. The van der Waals surface area contributed by atoms with E-state index in [1.165, 1.54) is 0 Å². The second-order valence-electron chi connectivity index (χ2n) is 4.94. The lowest BCUT2D eigenvalue weighted by Crippen LogP contribution is -2.46. The molecule has 1 aliphatic heterocycles. The average Bonchev–Trinajstić information content (AvgIpc) is 2.37. The van der Waals surface area contributed by atoms with E-state index >= 15 is 0 Å². The first-order valence-electron chi connectivity index (χ1n) is 6.43. The lowest BCUT2D eigenvalue weighted by atomic mass is 10.2. The first-order chi connectivity index (χ1) is 9.06. The van der Waals surface area contributed by atoms with Crippen molar-refractivity contribution in [3.63, 3.8) is 0 Å². The zero-order valence-electron chi connectivity index (χ0n) is 11.4. The number of piperazine rings is 1. The van der Waals surface area contributed by atoms with Crippen LogP contribution in [0.2, 0.25) is 5.02 Å². The third-order valence-electron chi connectivity index (χ3n) is 3.33. The maximum atomic E-state index is 11.9. The van der Waals surface area contributed by atoms with Crippen LogP contribution < -0.4 is 4.74 Å². The highest BCUT2D eigenvalue weighted by molar-refractivity contribution is 6.32. The normalized spacial score (nSPS) is 17.4. The van der Waals surface area contributed by atoms with Gasteiger partial charge in [0.1, 0.15) is 0 Å². The van der Waals surface area contributed by atoms with Gasteiger partial charge in [0.05, 0.1) is 11.6 Å². The maximum absolute atomic E-state index is 11.9. The Hall–Kier alpha value is -1.10. The van der Waals surface area contributed by atoms with Gasteiger partial charge in [-0.05, 0) is 25.6 Å². The predicted octanol–water partition coefficient (Wildman–Crippen LogP) is 1.80. The zero-order valence-corrected chi connectivity index (χ0v) is 12.1. The van der Waals surface area contributed by atoms with E-state index in [1.54, 1.807) is 6.07 Å². The van der Waals surface area contributed by atoms with Crippen molar-refractivity contribution in [1.82, 2.24) is 9.80 Å². The van der Waals surface area contributed by atoms with Gasteiger partial charge in [-0.15, -0.1) is 0 Å². The van der Waals surface area contributed by atoms with Crippen molar-refractivity contribution < 1.29 is 9.53 Å². The predicted molar refractivity (Wildman–Crippen MR) is 75.8 cm³/mol. The number of rotatable bonds is 3. The average molecular weight is 283 g/mol. The quantitative estimate of drug-likeness (QED) is 0.625. The summed E-state index contributed by atoms with van der Waals surface area (Å²) in [4.78, 5) is 16.3. The smallest absolute Gasteiger partial charge is 0.325 e. The van der Waals surface area contributed by atoms with Gasteiger partial charge in [-0.3, -0.25) is 9.69 Å². The van der Waals surface area contributed by atoms with E-state index in [9.17, 15) is 4.79 Å². The van der Waals surface area contributed by atoms with Crippen LogP contribution >= 0.6 is 11.6 Å². The minimum Gasteiger partial charge on any atom is -0.424 e. The van der Waals surface area contributed by atoms with Crippen LogP contribution in [0.25, 0.3) is 0 Å². The molecular formula is C14H19ClN2O2. The monoisotopic (exact) mass is 282 g/mol. The molecule has 0 atom stereocenters. The summed E-state index contributed by atoms with van der Waals surface area (Å²) in [6.45, 7) is 5.96. The number of carbonyl (C=O) groups is 1. The van der Waals surface area contributed by atoms with Gasteiger partial charge in [-0.25, -0.2) is 0 Å². The summed E-state index contributed by atoms with van der Waals surface area (Å²) in [5.74, 6) is 0.226. The molecule has 104 valence electrons. The fourth-order valence-electron chi connectivity index (χ4n) is 2.08. The number of esters is 1. The van der Waals surface area contributed by atoms with Gasteiger partial charge in [0.2, 0.25) is 0 Å². The molecule has 19 heavy (non-hydrogen) atoms. The minimum atomic E-state index is -0.249. The van der Waals surface area contributed by atoms with E-state index in [4.69, 9.17) is 16.3 Å². The summed E-state index contributed by atoms with van der Waals surface area (Å²) in [5, 5.41) is 0.478. The number of hydrogen-bond acceptors (Lipinski definition) is 4. The zero-order chi connectivity index (χ0) is 13.8. The molecule has 0 aromatic heterocycles. The molecule has 0 radical (unpaired) electrons. The van der Waals surface area contributed by atoms with Crippen LogP contribution in [-0.4, -0.2) is 55.5 Å². The highest BCUT2D eigenvalue weighted by Gasteiger charge is 2.18. The summed E-state index contributed by atoms with van der Waals surface area (Å²) < 4.78 is 5.38. The number of likely N-dealkylation sites (N-methyl/N-ethyl adjacent to an activating group) is 1. The Morgan fingerprint density at radius 1 is 1.32 bits per heavy atom. The molecule has 1 heterocycles. The first kappa shape index (κ1) is 14.3. The molecule has 4 nitrogen and oxygen atoms in total. The Labute approximate surface area is 118 Å². The molecule has 0 amide bonds. The third kappa shape index (κ3) is 3.93. The fraction of sp³-hybridized carbons (Fsp3) is 0.500. The second kappa shape index (κ2) is 6.37. The van der Waals surface area contributed by atoms with E-state index in [-0.39, 0.29) is 5.97 Å². The van der Waals surface area contributed by atoms with Crippen molar-refractivity contribution in [2.75, 3.05) is 39.8 Å². The van der Waals surface area contributed by atoms with Crippen molar-refractivity contribution in [2.24, 2.45) is 0 Å². The summed E-state index contributed by atoms with van der Waals surface area (Å²) in [6.07, 6.45) is 0. The topological polar surface area (TPSA) is 32.8 Å². The highest BCUT2D eigenvalue weighted by atomic mass is 35.5. The van der Waals surface area contributed by atoms with E-state index < -0.39 is 0 Å². The highest BCUT2D eigenvalue weighted by Crippen LogP contribution is 2.27. The van der Waals surface area contributed by atoms with E-state index in [1.807, 2.05) is 19.1 Å². The lowest BCUT2D eigenvalue weighted by Gasteiger charge is -2.31. The number of benzene rings is 1. The van der Waals surface area contributed by atoms with Crippen molar-refractivity contribution in [3.8, 4) is 5.75 Å². The van der Waals surface area contributed by atoms with Gasteiger partial charge >= 0.3 is 5.97 Å². The van der Waals surface area contributed by atoms with Crippen LogP contribution in [0.4, 0.5) is 0 Å². The molecule has 5 heteroatoms. The van der Waals surface area contributed by atoms with Crippen LogP contribution in [0.1, 0.15) is 5.56 Å². The summed E-state index contributed by atoms with van der Waals surface area (Å²) >= 11 is 6.04. The SMILES string of the molecule is Cc1cccc(Cl)c1OC(=O)CN1CCN(C)CC1. The lowest BCUT2D eigenvalue weighted by molar-refractivity contribution is -0.136. The number of para-hydroxylation sites is 1. The van der Waals surface area contributed by atoms with Crippen LogP contribution in [0, 0.1) is 6.92 Å². The molecular weight excluding hydrogens is 264 g/mol. The molecule has 1 aliphatic rings. The number of nitrogens with zero attached hydrogens (tertiary/aromatic N) is 2. The van der Waals surface area contributed by atoms with E-state index in [2.05, 4.69) is 16.8 Å². The fourth-order valence-corrected chi connectivity index (χ4v) is 2.34. The molecule has 1 aromatic carbocycles. The Morgan fingerprint density at radius 2 is 2.00 bits per heavy atom. The van der Waals surface area contributed by atoms with Gasteiger partial charge in [0.15, 0.2) is 5.75 Å². The summed E-state index contributed by atoms with van der Waals surface area (Å²) in [7, 11) is 2.09. The Balaban J connectivity index is 1.91. The van der Waals surface area contributed by atoms with Crippen molar-refractivity contribution in [1.29, 1.82) is 0 Å². The standard InChI is InChI=1S/C14H19ClN2O2/c1-11-4-3-5-12(15)14(11)19-13(18)10-17-8-6-16(2)7-9-17/h3-5H,6-10H2,1-2H3. The molecule has 1 fully saturated rings. The van der Waals surface area contributed by atoms with Gasteiger partial charge in [-0.1, -0.05) is 23.7 Å². The summed E-state index contributed by atoms with van der Waals surface area (Å²) in [5.41, 5.74) is 0.874. The molecule has 0 aliphatic carbocycles. The van der Waals surface area contributed by atoms with Gasteiger partial charge in [0, 0.05) is 26.2 Å². The molecule has 2 rings (SSSR count). The largest absolute Gasteiger partial charge is 0.424 e. The second-order valence-corrected chi connectivity index (χ2v) is 5.35. The molecule has 1 saturated heterocycles. The van der Waals surface area contributed by atoms with Crippen LogP contribution in [0.3, 0.4) is 0 Å². The van der Waals surface area contributed by atoms with Gasteiger partial charge in [-0.2, -0.15) is 0 Å². The van der Waals surface area contributed by atoms with Crippen LogP contribution in [-0.2, 0) is 4.79 Å². The summed E-state index contributed by atoms with van der Waals surface area (Å²) in [6, 6.07) is 5.45. The number of hydrogen-bond donors (Lipinski definition) is 0. The first-order valence-corrected chi connectivity index (χ1v) is 6.81. The molecule has 0 bridgehead atoms. The molecule has 0 saturated carbocycles. The van der Waals surface area contributed by atoms with Crippen molar-refractivity contribution in [2.45, 2.75) is 6.92 Å². The number of halogens is 1. The third-order valence-corrected chi connectivity index (χ3v) is 3.63. The van der Waals surface area contributed by atoms with Crippen LogP contribution in [0.5, 0.6) is 5.75 Å². The maximum Gasteiger partial charge on any atom is 0.325 e.